The van der Waals surface area contributed by atoms with Gasteiger partial charge in [-0.2, -0.15) is 0 Å². The number of rotatable bonds is 6. The highest BCUT2D eigenvalue weighted by Gasteiger charge is 2.22. The monoisotopic (exact) mass is 285 g/mol. The third kappa shape index (κ3) is 4.11. The Hall–Kier alpha value is -1.26. The molecule has 0 saturated carbocycles. The zero-order chi connectivity index (χ0) is 14.4. The van der Waals surface area contributed by atoms with Crippen molar-refractivity contribution in [3.05, 3.63) is 28.8 Å². The Morgan fingerprint density at radius 3 is 2.74 bits per heavy atom. The van der Waals surface area contributed by atoms with E-state index in [-0.39, 0.29) is 23.3 Å². The van der Waals surface area contributed by atoms with Gasteiger partial charge in [-0.3, -0.25) is 4.79 Å². The van der Waals surface area contributed by atoms with Gasteiger partial charge in [-0.25, -0.2) is 0 Å². The number of carbonyl (C=O) groups excluding carboxylic acids is 1. The van der Waals surface area contributed by atoms with Crippen molar-refractivity contribution >= 4 is 17.5 Å². The van der Waals surface area contributed by atoms with Gasteiger partial charge in [0.25, 0.3) is 5.91 Å². The SMILES string of the molecule is CCC(C)N(CCOC)C(=O)c1ccc(Cl)cc1O. The van der Waals surface area contributed by atoms with Crippen LogP contribution in [0.1, 0.15) is 30.6 Å². The number of ether oxygens (including phenoxy) is 1. The molecule has 1 rings (SSSR count). The second-order valence-corrected chi connectivity index (χ2v) is 4.85. The first kappa shape index (κ1) is 15.8. The topological polar surface area (TPSA) is 49.8 Å². The van der Waals surface area contributed by atoms with Crippen molar-refractivity contribution in [2.45, 2.75) is 26.3 Å². The van der Waals surface area contributed by atoms with Crippen LogP contribution in [0.25, 0.3) is 0 Å². The maximum absolute atomic E-state index is 12.5. The van der Waals surface area contributed by atoms with Crippen molar-refractivity contribution in [2.75, 3.05) is 20.3 Å². The number of halogens is 1. The van der Waals surface area contributed by atoms with Gasteiger partial charge in [-0.1, -0.05) is 18.5 Å². The van der Waals surface area contributed by atoms with Crippen LogP contribution in [0.15, 0.2) is 18.2 Å². The van der Waals surface area contributed by atoms with Crippen molar-refractivity contribution in [3.8, 4) is 5.75 Å². The maximum Gasteiger partial charge on any atom is 0.257 e. The Labute approximate surface area is 118 Å². The van der Waals surface area contributed by atoms with Crippen molar-refractivity contribution < 1.29 is 14.6 Å². The van der Waals surface area contributed by atoms with Gasteiger partial charge in [0.15, 0.2) is 0 Å². The molecule has 0 fully saturated rings. The minimum Gasteiger partial charge on any atom is -0.507 e. The van der Waals surface area contributed by atoms with Gasteiger partial charge < -0.3 is 14.7 Å². The molecule has 0 radical (unpaired) electrons. The van der Waals surface area contributed by atoms with Crippen LogP contribution in [0.5, 0.6) is 5.75 Å². The molecule has 1 unspecified atom stereocenters. The molecular formula is C14H20ClNO3. The second kappa shape index (κ2) is 7.36. The zero-order valence-electron chi connectivity index (χ0n) is 11.5. The predicted molar refractivity (Wildman–Crippen MR) is 75.8 cm³/mol. The highest BCUT2D eigenvalue weighted by Crippen LogP contribution is 2.24. The number of phenolic OH excluding ortho intramolecular Hbond substituents is 1. The van der Waals surface area contributed by atoms with Gasteiger partial charge in [0.1, 0.15) is 5.75 Å². The van der Waals surface area contributed by atoms with E-state index >= 15 is 0 Å². The van der Waals surface area contributed by atoms with Crippen molar-refractivity contribution in [1.82, 2.24) is 4.90 Å². The minimum atomic E-state index is -0.208. The molecule has 5 heteroatoms. The molecule has 1 aromatic rings. The molecular weight excluding hydrogens is 266 g/mol. The summed E-state index contributed by atoms with van der Waals surface area (Å²) in [4.78, 5) is 14.2. The molecule has 0 heterocycles. The van der Waals surface area contributed by atoms with Crippen LogP contribution in [0.3, 0.4) is 0 Å². The fraction of sp³-hybridized carbons (Fsp3) is 0.500. The predicted octanol–water partition coefficient (Wildman–Crippen LogP) is 2.93. The lowest BCUT2D eigenvalue weighted by Crippen LogP contribution is -2.40. The van der Waals surface area contributed by atoms with Crippen LogP contribution < -0.4 is 0 Å². The van der Waals surface area contributed by atoms with Gasteiger partial charge in [0, 0.05) is 24.7 Å². The summed E-state index contributed by atoms with van der Waals surface area (Å²) in [6.45, 7) is 4.94. The summed E-state index contributed by atoms with van der Waals surface area (Å²) >= 11 is 5.77. The molecule has 0 aromatic heterocycles. The summed E-state index contributed by atoms with van der Waals surface area (Å²) in [7, 11) is 1.60. The number of hydrogen-bond donors (Lipinski definition) is 1. The molecule has 0 aliphatic heterocycles. The van der Waals surface area contributed by atoms with E-state index < -0.39 is 0 Å². The van der Waals surface area contributed by atoms with Gasteiger partial charge in [-0.15, -0.1) is 0 Å². The summed E-state index contributed by atoms with van der Waals surface area (Å²) < 4.78 is 5.02. The van der Waals surface area contributed by atoms with E-state index in [4.69, 9.17) is 16.3 Å². The molecule has 19 heavy (non-hydrogen) atoms. The van der Waals surface area contributed by atoms with Crippen LogP contribution in [0.2, 0.25) is 5.02 Å². The first-order valence-electron chi connectivity index (χ1n) is 6.29. The number of benzene rings is 1. The molecule has 4 nitrogen and oxygen atoms in total. The number of hydrogen-bond acceptors (Lipinski definition) is 3. The van der Waals surface area contributed by atoms with E-state index in [1.165, 1.54) is 6.07 Å². The van der Waals surface area contributed by atoms with E-state index in [0.29, 0.717) is 18.2 Å². The largest absolute Gasteiger partial charge is 0.507 e. The normalized spacial score (nSPS) is 12.2. The van der Waals surface area contributed by atoms with Crippen LogP contribution >= 0.6 is 11.6 Å². The molecule has 1 atom stereocenters. The maximum atomic E-state index is 12.5. The molecule has 1 aromatic carbocycles. The lowest BCUT2D eigenvalue weighted by molar-refractivity contribution is 0.0611. The van der Waals surface area contributed by atoms with Crippen molar-refractivity contribution in [3.63, 3.8) is 0 Å². The standard InChI is InChI=1S/C14H20ClNO3/c1-4-10(2)16(7-8-19-3)14(18)12-6-5-11(15)9-13(12)17/h5-6,9-10,17H,4,7-8H2,1-3H3. The Balaban J connectivity index is 2.97. The molecule has 0 spiro atoms. The first-order chi connectivity index (χ1) is 9.01. The van der Waals surface area contributed by atoms with Crippen LogP contribution in [0.4, 0.5) is 0 Å². The van der Waals surface area contributed by atoms with Crippen LogP contribution in [0, 0.1) is 0 Å². The molecule has 0 saturated heterocycles. The zero-order valence-corrected chi connectivity index (χ0v) is 12.3. The highest BCUT2D eigenvalue weighted by atomic mass is 35.5. The summed E-state index contributed by atoms with van der Waals surface area (Å²) in [5.41, 5.74) is 0.265. The number of methoxy groups -OCH3 is 1. The van der Waals surface area contributed by atoms with Gasteiger partial charge in [0.05, 0.1) is 12.2 Å². The van der Waals surface area contributed by atoms with Crippen molar-refractivity contribution in [1.29, 1.82) is 0 Å². The summed E-state index contributed by atoms with van der Waals surface area (Å²) in [5, 5.41) is 10.2. The van der Waals surface area contributed by atoms with Gasteiger partial charge >= 0.3 is 0 Å². The third-order valence-electron chi connectivity index (χ3n) is 3.11. The highest BCUT2D eigenvalue weighted by molar-refractivity contribution is 6.30. The fourth-order valence-electron chi connectivity index (χ4n) is 1.77. The summed E-state index contributed by atoms with van der Waals surface area (Å²) in [6, 6.07) is 4.60. The Morgan fingerprint density at radius 2 is 2.21 bits per heavy atom. The van der Waals surface area contributed by atoms with Crippen LogP contribution in [-0.2, 0) is 4.74 Å². The Kier molecular flexibility index (Phi) is 6.12. The third-order valence-corrected chi connectivity index (χ3v) is 3.35. The van der Waals surface area contributed by atoms with E-state index in [1.807, 2.05) is 13.8 Å². The number of nitrogens with zero attached hydrogens (tertiary/aromatic N) is 1. The molecule has 1 N–H and O–H groups in total. The van der Waals surface area contributed by atoms with E-state index in [1.54, 1.807) is 24.1 Å². The average molecular weight is 286 g/mol. The molecule has 106 valence electrons. The number of aromatic hydroxyl groups is 1. The van der Waals surface area contributed by atoms with Crippen molar-refractivity contribution in [2.24, 2.45) is 0 Å². The number of carbonyl (C=O) groups is 1. The van der Waals surface area contributed by atoms with E-state index in [0.717, 1.165) is 6.42 Å². The second-order valence-electron chi connectivity index (χ2n) is 4.41. The molecule has 1 amide bonds. The van der Waals surface area contributed by atoms with Gasteiger partial charge in [0.2, 0.25) is 0 Å². The molecule has 0 aliphatic carbocycles. The Bertz CT molecular complexity index is 437. The number of amides is 1. The van der Waals surface area contributed by atoms with Gasteiger partial charge in [-0.05, 0) is 31.5 Å². The van der Waals surface area contributed by atoms with E-state index in [9.17, 15) is 9.90 Å². The number of phenols is 1. The lowest BCUT2D eigenvalue weighted by atomic mass is 10.1. The minimum absolute atomic E-state index is 0.0812. The quantitative estimate of drug-likeness (QED) is 0.874. The summed E-state index contributed by atoms with van der Waals surface area (Å²) in [6.07, 6.45) is 0.837. The average Bonchev–Trinajstić information content (AvgIpc) is 2.38. The smallest absolute Gasteiger partial charge is 0.257 e. The van der Waals surface area contributed by atoms with E-state index in [2.05, 4.69) is 0 Å². The fourth-order valence-corrected chi connectivity index (χ4v) is 1.94. The molecule has 0 aliphatic rings. The van der Waals surface area contributed by atoms with Crippen LogP contribution in [-0.4, -0.2) is 42.2 Å². The first-order valence-corrected chi connectivity index (χ1v) is 6.67. The summed E-state index contributed by atoms with van der Waals surface area (Å²) in [5.74, 6) is -0.302. The molecule has 0 bridgehead atoms. The Morgan fingerprint density at radius 1 is 1.53 bits per heavy atom. The lowest BCUT2D eigenvalue weighted by Gasteiger charge is -2.28.